The zero-order valence-electron chi connectivity index (χ0n) is 10.5. The van der Waals surface area contributed by atoms with Crippen LogP contribution in [0.1, 0.15) is 0 Å². The number of aliphatic hydroxyl groups excluding tert-OH is 1. The molecule has 21 heavy (non-hydrogen) atoms. The lowest BCUT2D eigenvalue weighted by atomic mass is 10.0. The summed E-state index contributed by atoms with van der Waals surface area (Å²) in [5.74, 6) is -3.05. The van der Waals surface area contributed by atoms with Gasteiger partial charge in [0, 0.05) is 5.69 Å². The molecule has 0 spiro atoms. The van der Waals surface area contributed by atoms with Gasteiger partial charge in [0.25, 0.3) is 0 Å². The zero-order valence-corrected chi connectivity index (χ0v) is 10.5. The Morgan fingerprint density at radius 2 is 2.00 bits per heavy atom. The SMILES string of the molecule is O=C1NC(=O)C(C(=O)Nc2ccc3n[nH]nc3c2)C(O)N1. The molecular formula is C11H10N6O4. The highest BCUT2D eigenvalue weighted by Crippen LogP contribution is 2.17. The zero-order chi connectivity index (χ0) is 15.0. The number of H-pyrrole nitrogens is 1. The highest BCUT2D eigenvalue weighted by atomic mass is 16.3. The summed E-state index contributed by atoms with van der Waals surface area (Å²) in [7, 11) is 0. The summed E-state index contributed by atoms with van der Waals surface area (Å²) in [5, 5.41) is 26.2. The Labute approximate surface area is 116 Å². The molecule has 1 saturated heterocycles. The minimum atomic E-state index is -1.58. The molecule has 5 N–H and O–H groups in total. The molecule has 2 aromatic rings. The van der Waals surface area contributed by atoms with Crippen LogP contribution in [0, 0.1) is 5.92 Å². The maximum Gasteiger partial charge on any atom is 0.323 e. The molecule has 0 bridgehead atoms. The van der Waals surface area contributed by atoms with Crippen molar-refractivity contribution in [2.45, 2.75) is 6.23 Å². The monoisotopic (exact) mass is 290 g/mol. The molecule has 2 heterocycles. The van der Waals surface area contributed by atoms with Gasteiger partial charge < -0.3 is 15.7 Å². The van der Waals surface area contributed by atoms with Crippen molar-refractivity contribution in [3.8, 4) is 0 Å². The van der Waals surface area contributed by atoms with Crippen molar-refractivity contribution in [3.63, 3.8) is 0 Å². The summed E-state index contributed by atoms with van der Waals surface area (Å²) in [4.78, 5) is 34.6. The van der Waals surface area contributed by atoms with E-state index in [9.17, 15) is 19.5 Å². The quantitative estimate of drug-likeness (QED) is 0.433. The molecule has 2 unspecified atom stereocenters. The van der Waals surface area contributed by atoms with Gasteiger partial charge in [-0.2, -0.15) is 15.4 Å². The molecule has 108 valence electrons. The van der Waals surface area contributed by atoms with Gasteiger partial charge in [-0.1, -0.05) is 0 Å². The number of hydrogen-bond donors (Lipinski definition) is 5. The van der Waals surface area contributed by atoms with E-state index in [0.717, 1.165) is 0 Å². The first-order valence-electron chi connectivity index (χ1n) is 5.95. The van der Waals surface area contributed by atoms with Crippen LogP contribution in [0.15, 0.2) is 18.2 Å². The van der Waals surface area contributed by atoms with Crippen molar-refractivity contribution in [1.29, 1.82) is 0 Å². The molecule has 1 aliphatic heterocycles. The Morgan fingerprint density at radius 3 is 2.76 bits per heavy atom. The van der Waals surface area contributed by atoms with Crippen molar-refractivity contribution in [2.24, 2.45) is 5.92 Å². The van der Waals surface area contributed by atoms with Crippen molar-refractivity contribution in [2.75, 3.05) is 5.32 Å². The standard InChI is InChI=1S/C11H10N6O4/c18-8(7-9(19)13-11(21)14-10(7)20)12-4-1-2-5-6(3-4)16-17-15-5/h1-3,7,9,19H,(H,12,18)(H,15,16,17)(H2,13,14,20,21). The number of fused-ring (bicyclic) bond motifs is 1. The van der Waals surface area contributed by atoms with Gasteiger partial charge in [-0.15, -0.1) is 0 Å². The van der Waals surface area contributed by atoms with E-state index in [2.05, 4.69) is 20.7 Å². The predicted octanol–water partition coefficient (Wildman–Crippen LogP) is -1.33. The molecule has 0 radical (unpaired) electrons. The number of urea groups is 1. The van der Waals surface area contributed by atoms with E-state index >= 15 is 0 Å². The molecule has 1 fully saturated rings. The van der Waals surface area contributed by atoms with Crippen LogP contribution in [0.2, 0.25) is 0 Å². The molecule has 3 rings (SSSR count). The smallest absolute Gasteiger partial charge is 0.323 e. The Hall–Kier alpha value is -3.01. The third-order valence-corrected chi connectivity index (χ3v) is 2.98. The number of anilines is 1. The van der Waals surface area contributed by atoms with E-state index in [1.54, 1.807) is 18.2 Å². The second-order valence-corrected chi connectivity index (χ2v) is 4.40. The Kier molecular flexibility index (Phi) is 2.99. The van der Waals surface area contributed by atoms with Crippen LogP contribution >= 0.6 is 0 Å². The topological polar surface area (TPSA) is 149 Å². The van der Waals surface area contributed by atoms with E-state index in [0.29, 0.717) is 16.7 Å². The third kappa shape index (κ3) is 2.39. The Morgan fingerprint density at radius 1 is 1.24 bits per heavy atom. The summed E-state index contributed by atoms with van der Waals surface area (Å²) < 4.78 is 0. The number of nitrogens with one attached hydrogen (secondary N) is 4. The van der Waals surface area contributed by atoms with Crippen LogP contribution in [-0.4, -0.2) is 44.6 Å². The molecule has 1 aromatic carbocycles. The summed E-state index contributed by atoms with van der Waals surface area (Å²) in [6.45, 7) is 0. The fourth-order valence-electron chi connectivity index (χ4n) is 1.99. The average molecular weight is 290 g/mol. The minimum Gasteiger partial charge on any atom is -0.372 e. The summed E-state index contributed by atoms with van der Waals surface area (Å²) in [5.41, 5.74) is 1.55. The van der Waals surface area contributed by atoms with E-state index in [1.165, 1.54) is 0 Å². The number of aromatic nitrogens is 3. The second kappa shape index (κ2) is 4.83. The number of aliphatic hydroxyl groups is 1. The van der Waals surface area contributed by atoms with Gasteiger partial charge in [-0.25, -0.2) is 4.79 Å². The van der Waals surface area contributed by atoms with Crippen molar-refractivity contribution in [1.82, 2.24) is 26.0 Å². The van der Waals surface area contributed by atoms with Crippen molar-refractivity contribution < 1.29 is 19.5 Å². The van der Waals surface area contributed by atoms with Crippen LogP contribution < -0.4 is 16.0 Å². The van der Waals surface area contributed by atoms with Crippen LogP contribution in [0.3, 0.4) is 0 Å². The molecule has 4 amide bonds. The average Bonchev–Trinajstić information content (AvgIpc) is 2.84. The lowest BCUT2D eigenvalue weighted by molar-refractivity contribution is -0.138. The number of imide groups is 1. The fourth-order valence-corrected chi connectivity index (χ4v) is 1.99. The van der Waals surface area contributed by atoms with Crippen LogP contribution in [-0.2, 0) is 9.59 Å². The summed E-state index contributed by atoms with van der Waals surface area (Å²) in [6.07, 6.45) is -1.58. The number of aromatic amines is 1. The largest absolute Gasteiger partial charge is 0.372 e. The Balaban J connectivity index is 1.78. The minimum absolute atomic E-state index is 0.387. The molecule has 0 aliphatic carbocycles. The van der Waals surface area contributed by atoms with Crippen LogP contribution in [0.25, 0.3) is 11.0 Å². The predicted molar refractivity (Wildman–Crippen MR) is 68.7 cm³/mol. The molecular weight excluding hydrogens is 280 g/mol. The number of benzene rings is 1. The highest BCUT2D eigenvalue weighted by molar-refractivity contribution is 6.12. The Bertz CT molecular complexity index is 741. The molecule has 2 atom stereocenters. The number of carbonyl (C=O) groups excluding carboxylic acids is 3. The first kappa shape index (κ1) is 13.0. The van der Waals surface area contributed by atoms with Gasteiger partial charge in [0.1, 0.15) is 17.3 Å². The highest BCUT2D eigenvalue weighted by Gasteiger charge is 2.39. The molecule has 1 aliphatic rings. The second-order valence-electron chi connectivity index (χ2n) is 4.40. The lowest BCUT2D eigenvalue weighted by Gasteiger charge is -2.26. The van der Waals surface area contributed by atoms with Gasteiger partial charge in [0.15, 0.2) is 5.92 Å². The number of nitrogens with zero attached hydrogens (tertiary/aromatic N) is 2. The number of rotatable bonds is 2. The molecule has 10 heteroatoms. The number of carbonyl (C=O) groups is 3. The maximum absolute atomic E-state index is 12.0. The van der Waals surface area contributed by atoms with E-state index in [4.69, 9.17) is 0 Å². The van der Waals surface area contributed by atoms with Crippen molar-refractivity contribution >= 4 is 34.6 Å². The normalized spacial score (nSPS) is 21.8. The molecule has 10 nitrogen and oxygen atoms in total. The lowest BCUT2D eigenvalue weighted by Crippen LogP contribution is -2.61. The van der Waals surface area contributed by atoms with Crippen LogP contribution in [0.4, 0.5) is 10.5 Å². The van der Waals surface area contributed by atoms with Gasteiger partial charge in [-0.3, -0.25) is 14.9 Å². The van der Waals surface area contributed by atoms with Gasteiger partial charge in [-0.05, 0) is 18.2 Å². The third-order valence-electron chi connectivity index (χ3n) is 2.98. The van der Waals surface area contributed by atoms with Crippen molar-refractivity contribution in [3.05, 3.63) is 18.2 Å². The van der Waals surface area contributed by atoms with E-state index in [-0.39, 0.29) is 0 Å². The molecule has 1 aromatic heterocycles. The first-order chi connectivity index (χ1) is 10.0. The van der Waals surface area contributed by atoms with E-state index < -0.39 is 30.0 Å². The first-order valence-corrected chi connectivity index (χ1v) is 5.95. The summed E-state index contributed by atoms with van der Waals surface area (Å²) >= 11 is 0. The molecule has 0 saturated carbocycles. The van der Waals surface area contributed by atoms with E-state index in [1.807, 2.05) is 10.6 Å². The van der Waals surface area contributed by atoms with Gasteiger partial charge >= 0.3 is 6.03 Å². The van der Waals surface area contributed by atoms with Crippen LogP contribution in [0.5, 0.6) is 0 Å². The summed E-state index contributed by atoms with van der Waals surface area (Å²) in [6, 6.07) is 3.92. The number of hydrogen-bond acceptors (Lipinski definition) is 6. The number of amides is 4. The van der Waals surface area contributed by atoms with Gasteiger partial charge in [0.2, 0.25) is 11.8 Å². The fraction of sp³-hybridized carbons (Fsp3) is 0.182. The van der Waals surface area contributed by atoms with Gasteiger partial charge in [0.05, 0.1) is 0 Å². The maximum atomic E-state index is 12.0.